The summed E-state index contributed by atoms with van der Waals surface area (Å²) in [5.74, 6) is 0. The highest BCUT2D eigenvalue weighted by Gasteiger charge is 1.88. The SMILES string of the molecule is C1=CCCCCC/C=C\CCC1. The van der Waals surface area contributed by atoms with Gasteiger partial charge in [0.2, 0.25) is 0 Å². The average molecular weight is 164 g/mol. The van der Waals surface area contributed by atoms with Gasteiger partial charge in [0.15, 0.2) is 0 Å². The Morgan fingerprint density at radius 1 is 0.417 bits per heavy atom. The first kappa shape index (κ1) is 9.57. The van der Waals surface area contributed by atoms with E-state index in [9.17, 15) is 0 Å². The van der Waals surface area contributed by atoms with E-state index in [0.29, 0.717) is 0 Å². The molecule has 0 unspecified atom stereocenters. The van der Waals surface area contributed by atoms with Crippen molar-refractivity contribution in [2.45, 2.75) is 51.4 Å². The molecule has 0 aromatic rings. The Balaban J connectivity index is 2.19. The number of rotatable bonds is 0. The minimum Gasteiger partial charge on any atom is -0.0885 e. The molecule has 68 valence electrons. The molecule has 0 amide bonds. The monoisotopic (exact) mass is 164 g/mol. The van der Waals surface area contributed by atoms with Gasteiger partial charge in [-0.3, -0.25) is 0 Å². The summed E-state index contributed by atoms with van der Waals surface area (Å²) in [6.07, 6.45) is 20.0. The third-order valence-corrected chi connectivity index (χ3v) is 2.32. The van der Waals surface area contributed by atoms with Crippen LogP contribution in [-0.2, 0) is 0 Å². The minimum atomic E-state index is 1.27. The molecular weight excluding hydrogens is 144 g/mol. The van der Waals surface area contributed by atoms with Gasteiger partial charge in [-0.05, 0) is 44.9 Å². The average Bonchev–Trinajstić information content (AvgIpc) is 2.05. The molecule has 0 aromatic carbocycles. The van der Waals surface area contributed by atoms with Crippen LogP contribution in [0.4, 0.5) is 0 Å². The van der Waals surface area contributed by atoms with Crippen molar-refractivity contribution >= 4 is 0 Å². The van der Waals surface area contributed by atoms with Gasteiger partial charge >= 0.3 is 0 Å². The Hall–Kier alpha value is -0.520. The molecule has 0 N–H and O–H groups in total. The fourth-order valence-electron chi connectivity index (χ4n) is 1.53. The molecule has 0 heterocycles. The normalized spacial score (nSPS) is 24.0. The molecule has 0 fully saturated rings. The summed E-state index contributed by atoms with van der Waals surface area (Å²) in [4.78, 5) is 0. The molecule has 0 saturated heterocycles. The number of hydrogen-bond donors (Lipinski definition) is 0. The first-order chi connectivity index (χ1) is 6.00. The summed E-state index contributed by atoms with van der Waals surface area (Å²) in [6, 6.07) is 0. The fraction of sp³-hybridized carbons (Fsp3) is 0.667. The molecule has 0 atom stereocenters. The molecule has 0 aliphatic heterocycles. The summed E-state index contributed by atoms with van der Waals surface area (Å²) in [5.41, 5.74) is 0. The van der Waals surface area contributed by atoms with E-state index in [0.717, 1.165) is 0 Å². The van der Waals surface area contributed by atoms with Crippen LogP contribution in [0.15, 0.2) is 24.3 Å². The van der Waals surface area contributed by atoms with E-state index >= 15 is 0 Å². The summed E-state index contributed by atoms with van der Waals surface area (Å²) in [6.45, 7) is 0. The van der Waals surface area contributed by atoms with Crippen molar-refractivity contribution in [1.82, 2.24) is 0 Å². The van der Waals surface area contributed by atoms with Crippen LogP contribution in [0.2, 0.25) is 0 Å². The molecule has 1 aliphatic carbocycles. The molecule has 0 aromatic heterocycles. The van der Waals surface area contributed by atoms with Crippen LogP contribution >= 0.6 is 0 Å². The van der Waals surface area contributed by atoms with Crippen LogP contribution in [0.1, 0.15) is 51.4 Å². The van der Waals surface area contributed by atoms with E-state index in [1.165, 1.54) is 51.4 Å². The summed E-state index contributed by atoms with van der Waals surface area (Å²) < 4.78 is 0. The molecule has 0 spiro atoms. The zero-order valence-electron chi connectivity index (χ0n) is 7.97. The highest BCUT2D eigenvalue weighted by atomic mass is 13.9. The van der Waals surface area contributed by atoms with Gasteiger partial charge < -0.3 is 0 Å². The van der Waals surface area contributed by atoms with E-state index in [2.05, 4.69) is 24.3 Å². The first-order valence-corrected chi connectivity index (χ1v) is 5.30. The molecule has 0 heteroatoms. The van der Waals surface area contributed by atoms with Crippen molar-refractivity contribution in [3.05, 3.63) is 24.3 Å². The van der Waals surface area contributed by atoms with Crippen LogP contribution in [-0.4, -0.2) is 0 Å². The van der Waals surface area contributed by atoms with E-state index in [1.54, 1.807) is 0 Å². The fourth-order valence-corrected chi connectivity index (χ4v) is 1.53. The van der Waals surface area contributed by atoms with Crippen molar-refractivity contribution < 1.29 is 0 Å². The third kappa shape index (κ3) is 5.17. The van der Waals surface area contributed by atoms with Crippen LogP contribution in [0.25, 0.3) is 0 Å². The van der Waals surface area contributed by atoms with Crippen LogP contribution in [0.3, 0.4) is 0 Å². The zero-order valence-corrected chi connectivity index (χ0v) is 7.97. The second-order valence-corrected chi connectivity index (χ2v) is 3.51. The van der Waals surface area contributed by atoms with Crippen LogP contribution < -0.4 is 0 Å². The molecule has 1 rings (SSSR count). The van der Waals surface area contributed by atoms with E-state index in [-0.39, 0.29) is 0 Å². The van der Waals surface area contributed by atoms with Crippen molar-refractivity contribution in [2.75, 3.05) is 0 Å². The zero-order chi connectivity index (χ0) is 8.49. The molecule has 0 nitrogen and oxygen atoms in total. The van der Waals surface area contributed by atoms with E-state index in [4.69, 9.17) is 0 Å². The van der Waals surface area contributed by atoms with Gasteiger partial charge in [-0.25, -0.2) is 0 Å². The molecule has 0 bridgehead atoms. The topological polar surface area (TPSA) is 0 Å². The van der Waals surface area contributed by atoms with E-state index < -0.39 is 0 Å². The highest BCUT2D eigenvalue weighted by molar-refractivity contribution is 4.86. The van der Waals surface area contributed by atoms with Gasteiger partial charge in [-0.15, -0.1) is 0 Å². The summed E-state index contributed by atoms with van der Waals surface area (Å²) in [5, 5.41) is 0. The lowest BCUT2D eigenvalue weighted by molar-refractivity contribution is 0.691. The second kappa shape index (κ2) is 7.15. The quantitative estimate of drug-likeness (QED) is 0.470. The maximum Gasteiger partial charge on any atom is -0.0348 e. The van der Waals surface area contributed by atoms with Crippen molar-refractivity contribution in [3.63, 3.8) is 0 Å². The Labute approximate surface area is 76.4 Å². The smallest absolute Gasteiger partial charge is 0.0348 e. The van der Waals surface area contributed by atoms with Crippen LogP contribution in [0, 0.1) is 0 Å². The lowest BCUT2D eigenvalue weighted by Crippen LogP contribution is -1.77. The summed E-state index contributed by atoms with van der Waals surface area (Å²) >= 11 is 0. The first-order valence-electron chi connectivity index (χ1n) is 5.30. The predicted molar refractivity (Wildman–Crippen MR) is 55.2 cm³/mol. The lowest BCUT2D eigenvalue weighted by Gasteiger charge is -1.97. The minimum absolute atomic E-state index is 1.27. The Morgan fingerprint density at radius 3 is 1.33 bits per heavy atom. The van der Waals surface area contributed by atoms with Gasteiger partial charge in [-0.1, -0.05) is 30.7 Å². The molecular formula is C12H20. The second-order valence-electron chi connectivity index (χ2n) is 3.51. The Morgan fingerprint density at radius 2 is 0.833 bits per heavy atom. The Kier molecular flexibility index (Phi) is 5.70. The largest absolute Gasteiger partial charge is 0.0885 e. The molecule has 12 heavy (non-hydrogen) atoms. The van der Waals surface area contributed by atoms with Crippen molar-refractivity contribution in [2.24, 2.45) is 0 Å². The van der Waals surface area contributed by atoms with Crippen LogP contribution in [0.5, 0.6) is 0 Å². The van der Waals surface area contributed by atoms with Gasteiger partial charge in [0.1, 0.15) is 0 Å². The Bertz CT molecular complexity index is 126. The van der Waals surface area contributed by atoms with Gasteiger partial charge in [-0.2, -0.15) is 0 Å². The highest BCUT2D eigenvalue weighted by Crippen LogP contribution is 2.08. The van der Waals surface area contributed by atoms with Crippen molar-refractivity contribution in [1.29, 1.82) is 0 Å². The predicted octanol–water partition coefficient (Wildman–Crippen LogP) is 4.23. The molecule has 0 saturated carbocycles. The van der Waals surface area contributed by atoms with Gasteiger partial charge in [0.25, 0.3) is 0 Å². The van der Waals surface area contributed by atoms with Gasteiger partial charge in [0, 0.05) is 0 Å². The lowest BCUT2D eigenvalue weighted by atomic mass is 10.1. The van der Waals surface area contributed by atoms with E-state index in [1.807, 2.05) is 0 Å². The van der Waals surface area contributed by atoms with Crippen molar-refractivity contribution in [3.8, 4) is 0 Å². The molecule has 1 aliphatic rings. The maximum absolute atomic E-state index is 2.35. The number of allylic oxidation sites excluding steroid dienone is 4. The van der Waals surface area contributed by atoms with Gasteiger partial charge in [0.05, 0.1) is 0 Å². The third-order valence-electron chi connectivity index (χ3n) is 2.32. The molecule has 0 radical (unpaired) electrons. The standard InChI is InChI=1S/C12H20/c1-2-4-6-8-10-12-11-9-7-5-3-1/h1-2,9,11H,3-8,10,12H2/b2-1-,11-9?. The number of hydrogen-bond acceptors (Lipinski definition) is 0. The summed E-state index contributed by atoms with van der Waals surface area (Å²) in [7, 11) is 0. The maximum atomic E-state index is 2.35.